The van der Waals surface area contributed by atoms with E-state index in [9.17, 15) is 0 Å². The zero-order chi connectivity index (χ0) is 41.4. The highest BCUT2D eigenvalue weighted by Gasteiger charge is 2.25. The van der Waals surface area contributed by atoms with Crippen molar-refractivity contribution in [2.45, 2.75) is 0 Å². The van der Waals surface area contributed by atoms with Gasteiger partial charge in [-0.1, -0.05) is 158 Å². The molecule has 0 spiro atoms. The van der Waals surface area contributed by atoms with Crippen LogP contribution in [0, 0.1) is 0 Å². The third-order valence-corrected chi connectivity index (χ3v) is 12.5. The van der Waals surface area contributed by atoms with E-state index in [0.29, 0.717) is 17.5 Å². The lowest BCUT2D eigenvalue weighted by Gasteiger charge is -2.16. The van der Waals surface area contributed by atoms with Gasteiger partial charge in [-0.2, -0.15) is 0 Å². The van der Waals surface area contributed by atoms with Crippen molar-refractivity contribution < 1.29 is 0 Å². The van der Waals surface area contributed by atoms with Crippen LogP contribution >= 0.6 is 0 Å². The average molecular weight is 805 g/mol. The second-order valence-corrected chi connectivity index (χ2v) is 16.0. The number of rotatable bonds is 6. The molecule has 0 aliphatic carbocycles. The molecule has 6 nitrogen and oxygen atoms in total. The Bertz CT molecular complexity index is 3830. The Kier molecular flexibility index (Phi) is 7.80. The molecule has 0 saturated carbocycles. The first kappa shape index (κ1) is 35.2. The minimum absolute atomic E-state index is 0.599. The van der Waals surface area contributed by atoms with Gasteiger partial charge in [-0.25, -0.2) is 15.0 Å². The van der Waals surface area contributed by atoms with Crippen molar-refractivity contribution >= 4 is 65.4 Å². The number of aromatic nitrogens is 6. The van der Waals surface area contributed by atoms with Crippen LogP contribution in [0.15, 0.2) is 218 Å². The topological polar surface area (TPSA) is 53.5 Å². The standard InChI is InChI=1S/C57H36N6/c1-5-19-37(20-6-1)55-58-56(38-21-7-2-8-22-38)60-57(59-55)46-35-45-42-28-14-16-30-47(42)61(39-23-9-3-10-24-39)51(45)36-52(46)63-49-32-18-15-29-44(49)53-50(63)34-33-43-41-27-13-17-31-48(41)62(54(43)53)40-25-11-4-12-26-40/h1-36H. The zero-order valence-electron chi connectivity index (χ0n) is 34.0. The summed E-state index contributed by atoms with van der Waals surface area (Å²) in [6, 6.07) is 77.3. The van der Waals surface area contributed by atoms with Gasteiger partial charge < -0.3 is 13.7 Å². The second-order valence-electron chi connectivity index (χ2n) is 16.0. The first-order valence-electron chi connectivity index (χ1n) is 21.3. The maximum absolute atomic E-state index is 5.37. The highest BCUT2D eigenvalue weighted by atomic mass is 15.1. The zero-order valence-corrected chi connectivity index (χ0v) is 34.0. The van der Waals surface area contributed by atoms with E-state index in [4.69, 9.17) is 15.0 Å². The fourth-order valence-corrected chi connectivity index (χ4v) is 9.77. The average Bonchev–Trinajstić information content (AvgIpc) is 4.00. The maximum atomic E-state index is 5.37. The maximum Gasteiger partial charge on any atom is 0.166 e. The smallest absolute Gasteiger partial charge is 0.166 e. The van der Waals surface area contributed by atoms with Gasteiger partial charge in [0.2, 0.25) is 0 Å². The van der Waals surface area contributed by atoms with E-state index in [0.717, 1.165) is 66.6 Å². The van der Waals surface area contributed by atoms with Crippen LogP contribution in [0.25, 0.3) is 117 Å². The van der Waals surface area contributed by atoms with E-state index in [2.05, 4.69) is 196 Å². The lowest BCUT2D eigenvalue weighted by Crippen LogP contribution is -2.04. The minimum Gasteiger partial charge on any atom is -0.309 e. The van der Waals surface area contributed by atoms with E-state index in [1.165, 1.54) is 32.6 Å². The molecule has 9 aromatic carbocycles. The molecule has 294 valence electrons. The molecular formula is C57H36N6. The fourth-order valence-electron chi connectivity index (χ4n) is 9.77. The number of para-hydroxylation sites is 5. The Morgan fingerprint density at radius 2 is 0.746 bits per heavy atom. The summed E-state index contributed by atoms with van der Waals surface area (Å²) in [7, 11) is 0. The van der Waals surface area contributed by atoms with Crippen LogP contribution in [-0.4, -0.2) is 28.7 Å². The highest BCUT2D eigenvalue weighted by Crippen LogP contribution is 2.45. The number of hydrogen-bond donors (Lipinski definition) is 0. The minimum atomic E-state index is 0.599. The lowest BCUT2D eigenvalue weighted by molar-refractivity contribution is 1.06. The van der Waals surface area contributed by atoms with Crippen molar-refractivity contribution in [1.82, 2.24) is 28.7 Å². The van der Waals surface area contributed by atoms with Crippen molar-refractivity contribution in [3.8, 4) is 51.2 Å². The summed E-state index contributed by atoms with van der Waals surface area (Å²) in [5.74, 6) is 1.84. The number of benzene rings is 9. The van der Waals surface area contributed by atoms with Gasteiger partial charge in [0.25, 0.3) is 0 Å². The molecule has 0 aliphatic heterocycles. The fraction of sp³-hybridized carbons (Fsp3) is 0. The molecule has 63 heavy (non-hydrogen) atoms. The summed E-state index contributed by atoms with van der Waals surface area (Å²) in [5, 5.41) is 7.05. The molecule has 4 heterocycles. The van der Waals surface area contributed by atoms with Gasteiger partial charge in [0, 0.05) is 60.4 Å². The van der Waals surface area contributed by atoms with Crippen LogP contribution < -0.4 is 0 Å². The summed E-state index contributed by atoms with van der Waals surface area (Å²) in [6.07, 6.45) is 0. The van der Waals surface area contributed by atoms with Gasteiger partial charge in [0.1, 0.15) is 0 Å². The van der Waals surface area contributed by atoms with E-state index < -0.39 is 0 Å². The number of nitrogens with zero attached hydrogens (tertiary/aromatic N) is 6. The molecule has 0 amide bonds. The van der Waals surface area contributed by atoms with Crippen LogP contribution in [0.1, 0.15) is 0 Å². The first-order valence-corrected chi connectivity index (χ1v) is 21.3. The largest absolute Gasteiger partial charge is 0.309 e. The second kappa shape index (κ2) is 14.0. The van der Waals surface area contributed by atoms with Gasteiger partial charge in [0.15, 0.2) is 17.5 Å². The van der Waals surface area contributed by atoms with Crippen LogP contribution in [0.5, 0.6) is 0 Å². The predicted molar refractivity (Wildman–Crippen MR) is 259 cm³/mol. The quantitative estimate of drug-likeness (QED) is 0.168. The molecule has 0 N–H and O–H groups in total. The summed E-state index contributed by atoms with van der Waals surface area (Å²) in [4.78, 5) is 15.8. The molecule has 0 saturated heterocycles. The molecular weight excluding hydrogens is 769 g/mol. The van der Waals surface area contributed by atoms with Gasteiger partial charge in [-0.05, 0) is 60.7 Å². The van der Waals surface area contributed by atoms with Gasteiger partial charge in [-0.3, -0.25) is 0 Å². The lowest BCUT2D eigenvalue weighted by atomic mass is 10.1. The summed E-state index contributed by atoms with van der Waals surface area (Å²) < 4.78 is 7.26. The van der Waals surface area contributed by atoms with Gasteiger partial charge in [0.05, 0.1) is 38.8 Å². The molecule has 6 heteroatoms. The molecule has 0 bridgehead atoms. The van der Waals surface area contributed by atoms with Crippen LogP contribution in [0.4, 0.5) is 0 Å². The van der Waals surface area contributed by atoms with Gasteiger partial charge >= 0.3 is 0 Å². The Hall–Kier alpha value is -8.61. The van der Waals surface area contributed by atoms with Crippen molar-refractivity contribution in [2.75, 3.05) is 0 Å². The molecule has 0 fully saturated rings. The van der Waals surface area contributed by atoms with Crippen molar-refractivity contribution in [2.24, 2.45) is 0 Å². The third kappa shape index (κ3) is 5.41. The number of fused-ring (bicyclic) bond motifs is 10. The van der Waals surface area contributed by atoms with Crippen LogP contribution in [0.3, 0.4) is 0 Å². The van der Waals surface area contributed by atoms with Crippen molar-refractivity contribution in [3.63, 3.8) is 0 Å². The molecule has 0 aliphatic rings. The van der Waals surface area contributed by atoms with E-state index in [-0.39, 0.29) is 0 Å². The number of hydrogen-bond acceptors (Lipinski definition) is 3. The molecule has 4 aromatic heterocycles. The molecule has 0 radical (unpaired) electrons. The van der Waals surface area contributed by atoms with Crippen molar-refractivity contribution in [3.05, 3.63) is 218 Å². The van der Waals surface area contributed by atoms with Crippen LogP contribution in [-0.2, 0) is 0 Å². The van der Waals surface area contributed by atoms with Crippen LogP contribution in [0.2, 0.25) is 0 Å². The third-order valence-electron chi connectivity index (χ3n) is 12.5. The van der Waals surface area contributed by atoms with E-state index in [1.807, 2.05) is 36.4 Å². The Labute approximate surface area is 362 Å². The Balaban J connectivity index is 1.21. The van der Waals surface area contributed by atoms with Gasteiger partial charge in [-0.15, -0.1) is 0 Å². The van der Waals surface area contributed by atoms with E-state index in [1.54, 1.807) is 0 Å². The first-order chi connectivity index (χ1) is 31.3. The monoisotopic (exact) mass is 804 g/mol. The molecule has 13 aromatic rings. The summed E-state index contributed by atoms with van der Waals surface area (Å²) in [6.45, 7) is 0. The Morgan fingerprint density at radius 3 is 1.35 bits per heavy atom. The summed E-state index contributed by atoms with van der Waals surface area (Å²) in [5.41, 5.74) is 12.7. The normalized spacial score (nSPS) is 11.8. The highest BCUT2D eigenvalue weighted by molar-refractivity contribution is 6.26. The molecule has 0 unspecified atom stereocenters. The van der Waals surface area contributed by atoms with Crippen molar-refractivity contribution in [1.29, 1.82) is 0 Å². The SMILES string of the molecule is c1ccc(-c2nc(-c3ccccc3)nc(-c3cc4c5ccccc5n(-c5ccccc5)c4cc3-n3c4ccccc4c4c3ccc3c5ccccc5n(-c5ccccc5)c34)n2)cc1. The van der Waals surface area contributed by atoms with E-state index >= 15 is 0 Å². The molecule has 0 atom stereocenters. The Morgan fingerprint density at radius 1 is 0.286 bits per heavy atom. The molecule has 13 rings (SSSR count). The predicted octanol–water partition coefficient (Wildman–Crippen LogP) is 14.2. The summed E-state index contributed by atoms with van der Waals surface area (Å²) >= 11 is 0.